The van der Waals surface area contributed by atoms with Crippen molar-refractivity contribution < 1.29 is 19.0 Å². The molecule has 1 aliphatic carbocycles. The van der Waals surface area contributed by atoms with Crippen molar-refractivity contribution in [3.8, 4) is 0 Å². The third kappa shape index (κ3) is 2.31. The van der Waals surface area contributed by atoms with Gasteiger partial charge in [-0.3, -0.25) is 4.79 Å². The average Bonchev–Trinajstić information content (AvgIpc) is 2.77. The molecule has 0 unspecified atom stereocenters. The molecule has 102 valence electrons. The maximum atomic E-state index is 12.0. The summed E-state index contributed by atoms with van der Waals surface area (Å²) in [5, 5.41) is 0. The lowest BCUT2D eigenvalue weighted by molar-refractivity contribution is -0.208. The molecule has 2 fully saturated rings. The normalized spacial score (nSPS) is 34.4. The molecule has 1 spiro atoms. The smallest absolute Gasteiger partial charge is 0.309 e. The van der Waals surface area contributed by atoms with Crippen LogP contribution < -0.4 is 0 Å². The first-order valence-corrected chi connectivity index (χ1v) is 6.63. The van der Waals surface area contributed by atoms with Gasteiger partial charge in [0.2, 0.25) is 0 Å². The van der Waals surface area contributed by atoms with E-state index >= 15 is 0 Å². The Labute approximate surface area is 108 Å². The largest absolute Gasteiger partial charge is 0.466 e. The van der Waals surface area contributed by atoms with Crippen LogP contribution in [0.3, 0.4) is 0 Å². The zero-order valence-electron chi connectivity index (χ0n) is 11.2. The van der Waals surface area contributed by atoms with E-state index < -0.39 is 5.79 Å². The highest BCUT2D eigenvalue weighted by Crippen LogP contribution is 2.49. The average molecular weight is 254 g/mol. The molecule has 1 heterocycles. The number of carbonyl (C=O) groups is 1. The molecule has 2 atom stereocenters. The summed E-state index contributed by atoms with van der Waals surface area (Å²) in [5.41, 5.74) is -0.325. The zero-order valence-corrected chi connectivity index (χ0v) is 11.2. The molecular formula is C14H22O4. The van der Waals surface area contributed by atoms with Gasteiger partial charge in [-0.2, -0.15) is 0 Å². The van der Waals surface area contributed by atoms with E-state index in [0.717, 1.165) is 12.8 Å². The van der Waals surface area contributed by atoms with Gasteiger partial charge < -0.3 is 14.2 Å². The summed E-state index contributed by atoms with van der Waals surface area (Å²) < 4.78 is 16.7. The Kier molecular flexibility index (Phi) is 3.78. The van der Waals surface area contributed by atoms with E-state index in [1.807, 2.05) is 19.9 Å². The molecule has 0 aromatic rings. The van der Waals surface area contributed by atoms with E-state index in [1.165, 1.54) is 0 Å². The molecular weight excluding hydrogens is 232 g/mol. The number of hydrogen-bond donors (Lipinski definition) is 0. The van der Waals surface area contributed by atoms with Crippen LogP contribution in [0.5, 0.6) is 0 Å². The van der Waals surface area contributed by atoms with Crippen LogP contribution in [0.4, 0.5) is 0 Å². The molecule has 0 aromatic carbocycles. The molecule has 2 rings (SSSR count). The fraction of sp³-hybridized carbons (Fsp3) is 0.786. The molecule has 0 amide bonds. The number of esters is 1. The Morgan fingerprint density at radius 1 is 1.50 bits per heavy atom. The molecule has 1 saturated carbocycles. The lowest BCUT2D eigenvalue weighted by Crippen LogP contribution is -2.47. The highest BCUT2D eigenvalue weighted by atomic mass is 16.7. The molecule has 0 N–H and O–H groups in total. The highest BCUT2D eigenvalue weighted by molar-refractivity contribution is 5.74. The Hall–Kier alpha value is -0.870. The summed E-state index contributed by atoms with van der Waals surface area (Å²) in [5.74, 6) is -0.785. The van der Waals surface area contributed by atoms with Crippen LogP contribution in [-0.2, 0) is 19.0 Å². The summed E-state index contributed by atoms with van der Waals surface area (Å²) >= 11 is 0. The Balaban J connectivity index is 2.15. The number of carbonyl (C=O) groups excluding carboxylic acids is 1. The topological polar surface area (TPSA) is 44.8 Å². The molecule has 0 radical (unpaired) electrons. The van der Waals surface area contributed by atoms with Crippen molar-refractivity contribution in [2.45, 2.75) is 38.9 Å². The highest BCUT2D eigenvalue weighted by Gasteiger charge is 2.52. The maximum absolute atomic E-state index is 12.0. The van der Waals surface area contributed by atoms with Gasteiger partial charge in [0.1, 0.15) is 0 Å². The molecule has 1 saturated heterocycles. The molecule has 18 heavy (non-hydrogen) atoms. The van der Waals surface area contributed by atoms with Crippen LogP contribution in [0.2, 0.25) is 0 Å². The van der Waals surface area contributed by atoms with Gasteiger partial charge >= 0.3 is 5.97 Å². The third-order valence-electron chi connectivity index (χ3n) is 4.11. The number of hydrogen-bond acceptors (Lipinski definition) is 4. The van der Waals surface area contributed by atoms with Gasteiger partial charge in [0.05, 0.1) is 25.7 Å². The molecule has 2 aliphatic rings. The lowest BCUT2D eigenvalue weighted by Gasteiger charge is -2.45. The van der Waals surface area contributed by atoms with Gasteiger partial charge in [-0.05, 0) is 13.3 Å². The van der Waals surface area contributed by atoms with E-state index in [4.69, 9.17) is 14.2 Å². The van der Waals surface area contributed by atoms with Gasteiger partial charge in [0.25, 0.3) is 0 Å². The van der Waals surface area contributed by atoms with E-state index in [9.17, 15) is 4.79 Å². The SMILES string of the molecule is C=C[C@]1(C)CC2(CC[C@H]1C(=O)OCC)OCCO2. The van der Waals surface area contributed by atoms with E-state index in [0.29, 0.717) is 26.2 Å². The monoisotopic (exact) mass is 254 g/mol. The summed E-state index contributed by atoms with van der Waals surface area (Å²) in [6, 6.07) is 0. The van der Waals surface area contributed by atoms with Crippen molar-refractivity contribution in [2.24, 2.45) is 11.3 Å². The van der Waals surface area contributed by atoms with Crippen molar-refractivity contribution >= 4 is 5.97 Å². The van der Waals surface area contributed by atoms with Gasteiger partial charge in [-0.25, -0.2) is 0 Å². The fourth-order valence-electron chi connectivity index (χ4n) is 3.07. The van der Waals surface area contributed by atoms with Crippen molar-refractivity contribution in [1.82, 2.24) is 0 Å². The minimum Gasteiger partial charge on any atom is -0.466 e. The minimum absolute atomic E-state index is 0.132. The first kappa shape index (κ1) is 13.6. The molecule has 0 aromatic heterocycles. The Morgan fingerprint density at radius 2 is 2.17 bits per heavy atom. The van der Waals surface area contributed by atoms with E-state index in [-0.39, 0.29) is 17.3 Å². The summed E-state index contributed by atoms with van der Waals surface area (Å²) in [6.45, 7) is 9.44. The van der Waals surface area contributed by atoms with Crippen molar-refractivity contribution in [3.05, 3.63) is 12.7 Å². The van der Waals surface area contributed by atoms with Crippen LogP contribution in [0, 0.1) is 11.3 Å². The first-order chi connectivity index (χ1) is 8.55. The second kappa shape index (κ2) is 5.02. The number of ether oxygens (including phenoxy) is 3. The van der Waals surface area contributed by atoms with Gasteiger partial charge in [-0.15, -0.1) is 6.58 Å². The first-order valence-electron chi connectivity index (χ1n) is 6.63. The van der Waals surface area contributed by atoms with Gasteiger partial charge in [-0.1, -0.05) is 13.0 Å². The van der Waals surface area contributed by atoms with Crippen LogP contribution >= 0.6 is 0 Å². The maximum Gasteiger partial charge on any atom is 0.309 e. The quantitative estimate of drug-likeness (QED) is 0.572. The summed E-state index contributed by atoms with van der Waals surface area (Å²) in [7, 11) is 0. The molecule has 1 aliphatic heterocycles. The fourth-order valence-corrected chi connectivity index (χ4v) is 3.07. The van der Waals surface area contributed by atoms with Gasteiger partial charge in [0, 0.05) is 18.3 Å². The standard InChI is InChI=1S/C14H22O4/c1-4-13(3)10-14(17-8-9-18-14)7-6-11(13)12(15)16-5-2/h4,11H,1,5-10H2,2-3H3/t11-,13+/m0/s1. The third-order valence-corrected chi connectivity index (χ3v) is 4.11. The second-order valence-corrected chi connectivity index (χ2v) is 5.34. The van der Waals surface area contributed by atoms with Crippen LogP contribution in [0.15, 0.2) is 12.7 Å². The zero-order chi connectivity index (χ0) is 13.2. The summed E-state index contributed by atoms with van der Waals surface area (Å²) in [4.78, 5) is 12.0. The molecule has 4 heteroatoms. The predicted molar refractivity (Wildman–Crippen MR) is 66.9 cm³/mol. The Morgan fingerprint density at radius 3 is 2.72 bits per heavy atom. The second-order valence-electron chi connectivity index (χ2n) is 5.34. The lowest BCUT2D eigenvalue weighted by atomic mass is 9.65. The van der Waals surface area contributed by atoms with Crippen molar-refractivity contribution in [1.29, 1.82) is 0 Å². The van der Waals surface area contributed by atoms with Crippen molar-refractivity contribution in [3.63, 3.8) is 0 Å². The Bertz CT molecular complexity index is 333. The summed E-state index contributed by atoms with van der Waals surface area (Å²) in [6.07, 6.45) is 3.99. The van der Waals surface area contributed by atoms with Gasteiger partial charge in [0.15, 0.2) is 5.79 Å². The number of allylic oxidation sites excluding steroid dienone is 1. The van der Waals surface area contributed by atoms with E-state index in [1.54, 1.807) is 0 Å². The molecule has 4 nitrogen and oxygen atoms in total. The molecule has 0 bridgehead atoms. The van der Waals surface area contributed by atoms with E-state index in [2.05, 4.69) is 6.58 Å². The number of rotatable bonds is 3. The van der Waals surface area contributed by atoms with Crippen molar-refractivity contribution in [2.75, 3.05) is 19.8 Å². The van der Waals surface area contributed by atoms with Crippen LogP contribution in [0.1, 0.15) is 33.1 Å². The minimum atomic E-state index is -0.508. The van der Waals surface area contributed by atoms with Crippen LogP contribution in [-0.4, -0.2) is 31.6 Å². The van der Waals surface area contributed by atoms with Crippen LogP contribution in [0.25, 0.3) is 0 Å². The predicted octanol–water partition coefficient (Wildman–Crippen LogP) is 2.29.